The molecule has 0 radical (unpaired) electrons. The smallest absolute Gasteiger partial charge is 0.216 e. The van der Waals surface area contributed by atoms with E-state index < -0.39 is 0 Å². The molecule has 20 heavy (non-hydrogen) atoms. The Kier molecular flexibility index (Phi) is 5.56. The third-order valence-corrected chi connectivity index (χ3v) is 3.98. The van der Waals surface area contributed by atoms with Crippen molar-refractivity contribution < 1.29 is 4.79 Å². The summed E-state index contributed by atoms with van der Waals surface area (Å²) >= 11 is 0. The van der Waals surface area contributed by atoms with Crippen molar-refractivity contribution in [1.82, 2.24) is 10.2 Å². The van der Waals surface area contributed by atoms with Crippen LogP contribution in [-0.2, 0) is 17.9 Å². The number of carbonyl (C=O) groups is 1. The Labute approximate surface area is 121 Å². The number of carbonyl (C=O) groups excluding carboxylic acids is 1. The molecule has 0 aliphatic carbocycles. The highest BCUT2D eigenvalue weighted by Crippen LogP contribution is 2.18. The minimum atomic E-state index is 0.0750. The van der Waals surface area contributed by atoms with Crippen molar-refractivity contribution in [2.75, 3.05) is 19.6 Å². The predicted molar refractivity (Wildman–Crippen MR) is 81.0 cm³/mol. The van der Waals surface area contributed by atoms with E-state index in [0.717, 1.165) is 39.0 Å². The van der Waals surface area contributed by atoms with Gasteiger partial charge in [0.15, 0.2) is 0 Å². The minimum Gasteiger partial charge on any atom is -0.356 e. The molecule has 1 aromatic carbocycles. The van der Waals surface area contributed by atoms with E-state index in [1.165, 1.54) is 11.1 Å². The first kappa shape index (κ1) is 15.0. The summed E-state index contributed by atoms with van der Waals surface area (Å²) in [6, 6.07) is 8.52. The number of hydrogen-bond acceptors (Lipinski definition) is 3. The first-order valence-corrected chi connectivity index (χ1v) is 7.42. The van der Waals surface area contributed by atoms with Crippen molar-refractivity contribution >= 4 is 5.91 Å². The van der Waals surface area contributed by atoms with Crippen LogP contribution >= 0.6 is 0 Å². The highest BCUT2D eigenvalue weighted by atomic mass is 16.1. The normalized spacial score (nSPS) is 17.1. The van der Waals surface area contributed by atoms with E-state index in [4.69, 9.17) is 5.73 Å². The molecular formula is C16H25N3O. The molecule has 1 aromatic rings. The van der Waals surface area contributed by atoms with E-state index >= 15 is 0 Å². The molecule has 0 atom stereocenters. The molecule has 0 bridgehead atoms. The molecule has 3 N–H and O–H groups in total. The Bertz CT molecular complexity index is 439. The van der Waals surface area contributed by atoms with Crippen LogP contribution in [0.4, 0.5) is 0 Å². The van der Waals surface area contributed by atoms with E-state index in [1.807, 2.05) is 0 Å². The number of amides is 1. The molecule has 4 heteroatoms. The Morgan fingerprint density at radius 1 is 1.35 bits per heavy atom. The SMILES string of the molecule is CC(=O)NCC1CCN(Cc2cccc(CN)c2)CC1. The van der Waals surface area contributed by atoms with Crippen LogP contribution in [0, 0.1) is 5.92 Å². The van der Waals surface area contributed by atoms with E-state index in [-0.39, 0.29) is 5.91 Å². The van der Waals surface area contributed by atoms with Gasteiger partial charge in [-0.3, -0.25) is 9.69 Å². The van der Waals surface area contributed by atoms with Gasteiger partial charge in [-0.05, 0) is 43.0 Å². The lowest BCUT2D eigenvalue weighted by molar-refractivity contribution is -0.119. The molecule has 0 spiro atoms. The summed E-state index contributed by atoms with van der Waals surface area (Å²) < 4.78 is 0. The zero-order valence-corrected chi connectivity index (χ0v) is 12.3. The van der Waals surface area contributed by atoms with Gasteiger partial charge in [0.2, 0.25) is 5.91 Å². The van der Waals surface area contributed by atoms with Gasteiger partial charge in [0.05, 0.1) is 0 Å². The third-order valence-electron chi connectivity index (χ3n) is 3.98. The molecule has 1 heterocycles. The van der Waals surface area contributed by atoms with Crippen LogP contribution in [0.5, 0.6) is 0 Å². The molecule has 4 nitrogen and oxygen atoms in total. The summed E-state index contributed by atoms with van der Waals surface area (Å²) in [7, 11) is 0. The lowest BCUT2D eigenvalue weighted by Gasteiger charge is -2.32. The van der Waals surface area contributed by atoms with E-state index in [9.17, 15) is 4.79 Å². The van der Waals surface area contributed by atoms with Gasteiger partial charge < -0.3 is 11.1 Å². The van der Waals surface area contributed by atoms with Gasteiger partial charge in [-0.25, -0.2) is 0 Å². The zero-order chi connectivity index (χ0) is 14.4. The second-order valence-electron chi connectivity index (χ2n) is 5.68. The number of likely N-dealkylation sites (tertiary alicyclic amines) is 1. The van der Waals surface area contributed by atoms with Crippen molar-refractivity contribution in [2.24, 2.45) is 11.7 Å². The number of hydrogen-bond donors (Lipinski definition) is 2. The second-order valence-corrected chi connectivity index (χ2v) is 5.68. The van der Waals surface area contributed by atoms with Gasteiger partial charge >= 0.3 is 0 Å². The van der Waals surface area contributed by atoms with Gasteiger partial charge in [0.25, 0.3) is 0 Å². The molecule has 1 fully saturated rings. The largest absolute Gasteiger partial charge is 0.356 e. The van der Waals surface area contributed by atoms with Crippen molar-refractivity contribution in [3.63, 3.8) is 0 Å². The first-order valence-electron chi connectivity index (χ1n) is 7.42. The molecule has 0 saturated carbocycles. The van der Waals surface area contributed by atoms with E-state index in [1.54, 1.807) is 6.92 Å². The lowest BCUT2D eigenvalue weighted by Crippen LogP contribution is -2.37. The average molecular weight is 275 g/mol. The number of benzene rings is 1. The monoisotopic (exact) mass is 275 g/mol. The maximum atomic E-state index is 10.9. The number of nitrogens with one attached hydrogen (secondary N) is 1. The first-order chi connectivity index (χ1) is 9.67. The summed E-state index contributed by atoms with van der Waals surface area (Å²) in [4.78, 5) is 13.4. The summed E-state index contributed by atoms with van der Waals surface area (Å²) in [5.41, 5.74) is 8.22. The Balaban J connectivity index is 1.77. The van der Waals surface area contributed by atoms with Crippen molar-refractivity contribution in [2.45, 2.75) is 32.9 Å². The van der Waals surface area contributed by atoms with Gasteiger partial charge in [-0.15, -0.1) is 0 Å². The number of piperidine rings is 1. The molecule has 0 unspecified atom stereocenters. The lowest BCUT2D eigenvalue weighted by atomic mass is 9.96. The topological polar surface area (TPSA) is 58.4 Å². The van der Waals surface area contributed by atoms with Crippen molar-refractivity contribution in [1.29, 1.82) is 0 Å². The molecule has 1 aliphatic rings. The molecule has 0 aromatic heterocycles. The Morgan fingerprint density at radius 2 is 2.05 bits per heavy atom. The number of rotatable bonds is 5. The summed E-state index contributed by atoms with van der Waals surface area (Å²) in [6.45, 7) is 6.23. The van der Waals surface area contributed by atoms with Crippen LogP contribution in [0.2, 0.25) is 0 Å². The summed E-state index contributed by atoms with van der Waals surface area (Å²) in [5.74, 6) is 0.705. The summed E-state index contributed by atoms with van der Waals surface area (Å²) in [5, 5.41) is 2.92. The van der Waals surface area contributed by atoms with Crippen molar-refractivity contribution in [3.05, 3.63) is 35.4 Å². The highest BCUT2D eigenvalue weighted by Gasteiger charge is 2.19. The Hall–Kier alpha value is -1.39. The molecular weight excluding hydrogens is 250 g/mol. The van der Waals surface area contributed by atoms with Gasteiger partial charge in [-0.1, -0.05) is 24.3 Å². The fraction of sp³-hybridized carbons (Fsp3) is 0.562. The van der Waals surface area contributed by atoms with Crippen molar-refractivity contribution in [3.8, 4) is 0 Å². The van der Waals surface area contributed by atoms with Crippen LogP contribution in [0.1, 0.15) is 30.9 Å². The minimum absolute atomic E-state index is 0.0750. The fourth-order valence-corrected chi connectivity index (χ4v) is 2.75. The fourth-order valence-electron chi connectivity index (χ4n) is 2.75. The molecule has 1 aliphatic heterocycles. The zero-order valence-electron chi connectivity index (χ0n) is 12.3. The number of nitrogens with two attached hydrogens (primary N) is 1. The maximum Gasteiger partial charge on any atom is 0.216 e. The van der Waals surface area contributed by atoms with Gasteiger partial charge in [0, 0.05) is 26.6 Å². The van der Waals surface area contributed by atoms with Crippen LogP contribution in [-0.4, -0.2) is 30.4 Å². The van der Waals surface area contributed by atoms with Crippen LogP contribution in [0.25, 0.3) is 0 Å². The molecule has 110 valence electrons. The molecule has 1 saturated heterocycles. The average Bonchev–Trinajstić information content (AvgIpc) is 2.47. The van der Waals surface area contributed by atoms with E-state index in [0.29, 0.717) is 12.5 Å². The maximum absolute atomic E-state index is 10.9. The predicted octanol–water partition coefficient (Wildman–Crippen LogP) is 1.49. The third kappa shape index (κ3) is 4.62. The quantitative estimate of drug-likeness (QED) is 0.856. The second kappa shape index (κ2) is 7.41. The Morgan fingerprint density at radius 3 is 2.70 bits per heavy atom. The molecule has 1 amide bonds. The van der Waals surface area contributed by atoms with Crippen LogP contribution in [0.3, 0.4) is 0 Å². The van der Waals surface area contributed by atoms with E-state index in [2.05, 4.69) is 34.5 Å². The van der Waals surface area contributed by atoms with Gasteiger partial charge in [-0.2, -0.15) is 0 Å². The number of nitrogens with zero attached hydrogens (tertiary/aromatic N) is 1. The molecule has 2 rings (SSSR count). The standard InChI is InChI=1S/C16H25N3O/c1-13(20)18-11-14-5-7-19(8-6-14)12-16-4-2-3-15(9-16)10-17/h2-4,9,14H,5-8,10-12,17H2,1H3,(H,18,20). The van der Waals surface area contributed by atoms with Crippen LogP contribution in [0.15, 0.2) is 24.3 Å². The highest BCUT2D eigenvalue weighted by molar-refractivity contribution is 5.72. The van der Waals surface area contributed by atoms with Gasteiger partial charge in [0.1, 0.15) is 0 Å². The summed E-state index contributed by atoms with van der Waals surface area (Å²) in [6.07, 6.45) is 2.33. The van der Waals surface area contributed by atoms with Crippen LogP contribution < -0.4 is 11.1 Å².